The van der Waals surface area contributed by atoms with Crippen LogP contribution in [0.5, 0.6) is 0 Å². The number of methoxy groups -OCH3 is 1. The lowest BCUT2D eigenvalue weighted by atomic mass is 9.83. The molecule has 6 nitrogen and oxygen atoms in total. The lowest BCUT2D eigenvalue weighted by Gasteiger charge is -2.29. The fourth-order valence-corrected chi connectivity index (χ4v) is 2.27. The highest BCUT2D eigenvalue weighted by Crippen LogP contribution is 2.25. The molecule has 1 N–H and O–H groups in total. The highest BCUT2D eigenvalue weighted by molar-refractivity contribution is 5.84. The standard InChI is InChI=1S/C14H23NO5/c1-14(2,3)20-13(18)15-11(12(17)19-4)9-6-5-7-10(16)8-9/h9,11H,5-8H2,1-4H3,(H,15,18)/t9-,11-/m0/s1. The van der Waals surface area contributed by atoms with E-state index in [1.54, 1.807) is 20.8 Å². The Hall–Kier alpha value is -1.59. The minimum atomic E-state index is -0.834. The Kier molecular flexibility index (Phi) is 5.53. The smallest absolute Gasteiger partial charge is 0.408 e. The molecule has 0 unspecified atom stereocenters. The first-order valence-electron chi connectivity index (χ1n) is 6.82. The minimum absolute atomic E-state index is 0.112. The normalized spacial score (nSPS) is 21.0. The molecular weight excluding hydrogens is 262 g/mol. The first-order chi connectivity index (χ1) is 9.23. The maximum atomic E-state index is 11.8. The molecule has 1 amide bonds. The zero-order valence-electron chi connectivity index (χ0n) is 12.5. The number of hydrogen-bond acceptors (Lipinski definition) is 5. The molecule has 1 fully saturated rings. The van der Waals surface area contributed by atoms with Crippen molar-refractivity contribution < 1.29 is 23.9 Å². The summed E-state index contributed by atoms with van der Waals surface area (Å²) in [6.07, 6.45) is 1.59. The van der Waals surface area contributed by atoms with Crippen LogP contribution in [-0.2, 0) is 19.1 Å². The average Bonchev–Trinajstić information content (AvgIpc) is 2.33. The SMILES string of the molecule is COC(=O)[C@@H](NC(=O)OC(C)(C)C)[C@H]1CCCC(=O)C1. The minimum Gasteiger partial charge on any atom is -0.467 e. The highest BCUT2D eigenvalue weighted by Gasteiger charge is 2.35. The molecule has 1 aliphatic rings. The van der Waals surface area contributed by atoms with Crippen LogP contribution in [0.1, 0.15) is 46.5 Å². The Labute approximate surface area is 119 Å². The predicted octanol–water partition coefficient (Wildman–Crippen LogP) is 1.81. The van der Waals surface area contributed by atoms with Crippen LogP contribution in [-0.4, -0.2) is 36.6 Å². The van der Waals surface area contributed by atoms with E-state index in [9.17, 15) is 14.4 Å². The van der Waals surface area contributed by atoms with Crippen LogP contribution in [0.15, 0.2) is 0 Å². The number of esters is 1. The Morgan fingerprint density at radius 3 is 2.50 bits per heavy atom. The van der Waals surface area contributed by atoms with Crippen molar-refractivity contribution in [2.45, 2.75) is 58.1 Å². The molecule has 0 bridgehead atoms. The van der Waals surface area contributed by atoms with Crippen molar-refractivity contribution in [3.63, 3.8) is 0 Å². The van der Waals surface area contributed by atoms with Crippen LogP contribution in [0, 0.1) is 5.92 Å². The monoisotopic (exact) mass is 285 g/mol. The molecule has 2 atom stereocenters. The van der Waals surface area contributed by atoms with Crippen molar-refractivity contribution in [2.24, 2.45) is 5.92 Å². The fraction of sp³-hybridized carbons (Fsp3) is 0.786. The van der Waals surface area contributed by atoms with Gasteiger partial charge in [-0.1, -0.05) is 0 Å². The van der Waals surface area contributed by atoms with E-state index in [4.69, 9.17) is 9.47 Å². The molecule has 1 saturated carbocycles. The van der Waals surface area contributed by atoms with E-state index in [1.165, 1.54) is 7.11 Å². The van der Waals surface area contributed by atoms with Crippen LogP contribution in [0.2, 0.25) is 0 Å². The molecule has 0 aromatic carbocycles. The van der Waals surface area contributed by atoms with Gasteiger partial charge in [-0.2, -0.15) is 0 Å². The second-order valence-corrected chi connectivity index (χ2v) is 6.04. The number of ketones is 1. The van der Waals surface area contributed by atoms with Gasteiger partial charge in [-0.25, -0.2) is 9.59 Å². The molecule has 0 aromatic rings. The van der Waals surface area contributed by atoms with E-state index in [2.05, 4.69) is 5.32 Å². The molecule has 0 saturated heterocycles. The molecule has 0 aromatic heterocycles. The molecule has 0 heterocycles. The lowest BCUT2D eigenvalue weighted by Crippen LogP contribution is -2.49. The largest absolute Gasteiger partial charge is 0.467 e. The molecular formula is C14H23NO5. The number of carbonyl (C=O) groups is 3. The van der Waals surface area contributed by atoms with Gasteiger partial charge in [0.1, 0.15) is 17.4 Å². The van der Waals surface area contributed by atoms with E-state index in [-0.39, 0.29) is 18.1 Å². The number of alkyl carbamates (subject to hydrolysis) is 1. The van der Waals surface area contributed by atoms with Gasteiger partial charge in [-0.15, -0.1) is 0 Å². The molecule has 114 valence electrons. The van der Waals surface area contributed by atoms with Gasteiger partial charge in [-0.05, 0) is 39.5 Å². The second-order valence-electron chi connectivity index (χ2n) is 6.04. The summed E-state index contributed by atoms with van der Waals surface area (Å²) in [5.41, 5.74) is -0.646. The Bertz CT molecular complexity index is 386. The first-order valence-corrected chi connectivity index (χ1v) is 6.82. The average molecular weight is 285 g/mol. The molecule has 6 heteroatoms. The maximum Gasteiger partial charge on any atom is 0.408 e. The van der Waals surface area contributed by atoms with Gasteiger partial charge in [0.25, 0.3) is 0 Å². The van der Waals surface area contributed by atoms with E-state index < -0.39 is 23.7 Å². The van der Waals surface area contributed by atoms with E-state index in [1.807, 2.05) is 0 Å². The summed E-state index contributed by atoms with van der Waals surface area (Å²) in [4.78, 5) is 35.1. The van der Waals surface area contributed by atoms with Gasteiger partial charge in [0.05, 0.1) is 7.11 Å². The molecule has 20 heavy (non-hydrogen) atoms. The highest BCUT2D eigenvalue weighted by atomic mass is 16.6. The first kappa shape index (κ1) is 16.5. The van der Waals surface area contributed by atoms with Crippen LogP contribution in [0.3, 0.4) is 0 Å². The van der Waals surface area contributed by atoms with Crippen LogP contribution >= 0.6 is 0 Å². The molecule has 1 rings (SSSR count). The number of ether oxygens (including phenoxy) is 2. The summed E-state index contributed by atoms with van der Waals surface area (Å²) in [5.74, 6) is -0.659. The third-order valence-corrected chi connectivity index (χ3v) is 3.12. The molecule has 0 radical (unpaired) electrons. The number of carbonyl (C=O) groups excluding carboxylic acids is 3. The predicted molar refractivity (Wildman–Crippen MR) is 72.1 cm³/mol. The van der Waals surface area contributed by atoms with Gasteiger partial charge in [-0.3, -0.25) is 4.79 Å². The summed E-state index contributed by atoms with van der Waals surface area (Å²) >= 11 is 0. The number of Topliss-reactive ketones (excluding diaryl/α,β-unsaturated/α-hetero) is 1. The Morgan fingerprint density at radius 2 is 2.00 bits per heavy atom. The Balaban J connectivity index is 2.72. The molecule has 1 aliphatic carbocycles. The van der Waals surface area contributed by atoms with Gasteiger partial charge in [0.2, 0.25) is 0 Å². The van der Waals surface area contributed by atoms with Crippen LogP contribution in [0.4, 0.5) is 4.79 Å². The van der Waals surface area contributed by atoms with Crippen molar-refractivity contribution in [3.8, 4) is 0 Å². The van der Waals surface area contributed by atoms with Crippen molar-refractivity contribution >= 4 is 17.8 Å². The van der Waals surface area contributed by atoms with Gasteiger partial charge < -0.3 is 14.8 Å². The third-order valence-electron chi connectivity index (χ3n) is 3.12. The van der Waals surface area contributed by atoms with Gasteiger partial charge >= 0.3 is 12.1 Å². The molecule has 0 spiro atoms. The second kappa shape index (κ2) is 6.72. The van der Waals surface area contributed by atoms with Gasteiger partial charge in [0.15, 0.2) is 0 Å². The zero-order valence-corrected chi connectivity index (χ0v) is 12.5. The topological polar surface area (TPSA) is 81.7 Å². The molecule has 0 aliphatic heterocycles. The van der Waals surface area contributed by atoms with Crippen molar-refractivity contribution in [1.29, 1.82) is 0 Å². The fourth-order valence-electron chi connectivity index (χ4n) is 2.27. The maximum absolute atomic E-state index is 11.8. The summed E-state index contributed by atoms with van der Waals surface area (Å²) in [6.45, 7) is 5.22. The van der Waals surface area contributed by atoms with E-state index >= 15 is 0 Å². The number of nitrogens with one attached hydrogen (secondary N) is 1. The van der Waals surface area contributed by atoms with Gasteiger partial charge in [0, 0.05) is 12.8 Å². The number of rotatable bonds is 3. The zero-order chi connectivity index (χ0) is 15.3. The summed E-state index contributed by atoms with van der Waals surface area (Å²) in [6, 6.07) is -0.834. The van der Waals surface area contributed by atoms with E-state index in [0.717, 1.165) is 6.42 Å². The third kappa shape index (κ3) is 5.19. The lowest BCUT2D eigenvalue weighted by molar-refractivity contribution is -0.145. The van der Waals surface area contributed by atoms with Crippen LogP contribution < -0.4 is 5.32 Å². The summed E-state index contributed by atoms with van der Waals surface area (Å²) in [5, 5.41) is 2.53. The summed E-state index contributed by atoms with van der Waals surface area (Å²) < 4.78 is 9.85. The van der Waals surface area contributed by atoms with Crippen molar-refractivity contribution in [2.75, 3.05) is 7.11 Å². The number of amides is 1. The quantitative estimate of drug-likeness (QED) is 0.800. The van der Waals surface area contributed by atoms with Crippen molar-refractivity contribution in [3.05, 3.63) is 0 Å². The number of hydrogen-bond donors (Lipinski definition) is 1. The van der Waals surface area contributed by atoms with E-state index in [0.29, 0.717) is 12.8 Å². The Morgan fingerprint density at radius 1 is 1.35 bits per heavy atom. The van der Waals surface area contributed by atoms with Crippen molar-refractivity contribution in [1.82, 2.24) is 5.32 Å². The van der Waals surface area contributed by atoms with Crippen LogP contribution in [0.25, 0.3) is 0 Å². The summed E-state index contributed by atoms with van der Waals surface area (Å²) in [7, 11) is 1.26.